The van der Waals surface area contributed by atoms with E-state index in [1.54, 1.807) is 0 Å². The molecular weight excluding hydrogens is 234 g/mol. The molecule has 1 aliphatic rings. The van der Waals surface area contributed by atoms with Crippen LogP contribution < -0.4 is 5.73 Å². The quantitative estimate of drug-likeness (QED) is 0.898. The SMILES string of the molecule is CC1CC(C)N(C(CN)c2cc(F)ccc2F)C1. The van der Waals surface area contributed by atoms with Crippen molar-refractivity contribution in [2.75, 3.05) is 13.1 Å². The first kappa shape index (κ1) is 13.4. The molecule has 1 aromatic rings. The third-order valence-electron chi connectivity index (χ3n) is 3.77. The van der Waals surface area contributed by atoms with E-state index in [9.17, 15) is 8.78 Å². The van der Waals surface area contributed by atoms with Gasteiger partial charge in [0.15, 0.2) is 0 Å². The average Bonchev–Trinajstić information content (AvgIpc) is 2.64. The highest BCUT2D eigenvalue weighted by Gasteiger charge is 2.33. The lowest BCUT2D eigenvalue weighted by Gasteiger charge is -2.31. The minimum absolute atomic E-state index is 0.236. The first-order chi connectivity index (χ1) is 8.52. The van der Waals surface area contributed by atoms with E-state index < -0.39 is 5.82 Å². The molecule has 1 saturated heterocycles. The van der Waals surface area contributed by atoms with E-state index in [4.69, 9.17) is 5.73 Å². The predicted octanol–water partition coefficient (Wildman–Crippen LogP) is 2.69. The molecule has 2 N–H and O–H groups in total. The fraction of sp³-hybridized carbons (Fsp3) is 0.571. The summed E-state index contributed by atoms with van der Waals surface area (Å²) in [6, 6.07) is 3.71. The third-order valence-corrected chi connectivity index (χ3v) is 3.77. The Labute approximate surface area is 107 Å². The van der Waals surface area contributed by atoms with Crippen molar-refractivity contribution in [2.24, 2.45) is 11.7 Å². The van der Waals surface area contributed by atoms with E-state index in [0.717, 1.165) is 19.0 Å². The summed E-state index contributed by atoms with van der Waals surface area (Å²) in [6.07, 6.45) is 1.08. The van der Waals surface area contributed by atoms with E-state index in [2.05, 4.69) is 18.7 Å². The Morgan fingerprint density at radius 1 is 1.39 bits per heavy atom. The van der Waals surface area contributed by atoms with E-state index in [1.165, 1.54) is 12.1 Å². The molecule has 0 bridgehead atoms. The van der Waals surface area contributed by atoms with Gasteiger partial charge in [0, 0.05) is 24.7 Å². The molecule has 3 unspecified atom stereocenters. The molecule has 1 fully saturated rings. The maximum absolute atomic E-state index is 13.8. The van der Waals surface area contributed by atoms with Crippen LogP contribution in [0.3, 0.4) is 0 Å². The van der Waals surface area contributed by atoms with Gasteiger partial charge in [0.2, 0.25) is 0 Å². The molecule has 0 aromatic heterocycles. The number of nitrogens with two attached hydrogens (primary N) is 1. The van der Waals surface area contributed by atoms with Crippen LogP contribution in [0.25, 0.3) is 0 Å². The van der Waals surface area contributed by atoms with Crippen LogP contribution in [-0.4, -0.2) is 24.0 Å². The highest BCUT2D eigenvalue weighted by molar-refractivity contribution is 5.23. The predicted molar refractivity (Wildman–Crippen MR) is 68.1 cm³/mol. The number of nitrogens with zero attached hydrogens (tertiary/aromatic N) is 1. The summed E-state index contributed by atoms with van der Waals surface area (Å²) >= 11 is 0. The van der Waals surface area contributed by atoms with Crippen LogP contribution in [0.4, 0.5) is 8.78 Å². The van der Waals surface area contributed by atoms with Crippen molar-refractivity contribution in [1.82, 2.24) is 4.90 Å². The van der Waals surface area contributed by atoms with Gasteiger partial charge in [0.1, 0.15) is 11.6 Å². The molecule has 1 aliphatic heterocycles. The summed E-state index contributed by atoms with van der Waals surface area (Å²) in [5, 5.41) is 0. The van der Waals surface area contributed by atoms with Crippen molar-refractivity contribution in [1.29, 1.82) is 0 Å². The Morgan fingerprint density at radius 2 is 2.11 bits per heavy atom. The fourth-order valence-corrected chi connectivity index (χ4v) is 2.98. The molecule has 2 rings (SSSR count). The Kier molecular flexibility index (Phi) is 3.97. The highest BCUT2D eigenvalue weighted by atomic mass is 19.1. The lowest BCUT2D eigenvalue weighted by molar-refractivity contribution is 0.188. The molecule has 4 heteroatoms. The molecule has 0 radical (unpaired) electrons. The Bertz CT molecular complexity index is 422. The molecule has 0 amide bonds. The normalized spacial score (nSPS) is 26.5. The van der Waals surface area contributed by atoms with Crippen LogP contribution in [0.2, 0.25) is 0 Å². The summed E-state index contributed by atoms with van der Waals surface area (Å²) < 4.78 is 27.1. The van der Waals surface area contributed by atoms with Crippen molar-refractivity contribution in [3.63, 3.8) is 0 Å². The van der Waals surface area contributed by atoms with Crippen LogP contribution in [0.15, 0.2) is 18.2 Å². The van der Waals surface area contributed by atoms with Gasteiger partial charge >= 0.3 is 0 Å². The fourth-order valence-electron chi connectivity index (χ4n) is 2.98. The number of hydrogen-bond acceptors (Lipinski definition) is 2. The second-order valence-corrected chi connectivity index (χ2v) is 5.30. The zero-order valence-electron chi connectivity index (χ0n) is 10.9. The number of halogens is 2. The smallest absolute Gasteiger partial charge is 0.128 e. The standard InChI is InChI=1S/C14H20F2N2/c1-9-5-10(2)18(8-9)14(7-17)12-6-11(15)3-4-13(12)16/h3-4,6,9-10,14H,5,7-8,17H2,1-2H3. The van der Waals surface area contributed by atoms with Crippen molar-refractivity contribution in [2.45, 2.75) is 32.4 Å². The second kappa shape index (κ2) is 5.33. The monoisotopic (exact) mass is 254 g/mol. The minimum atomic E-state index is -0.412. The molecule has 1 aromatic carbocycles. The van der Waals surface area contributed by atoms with Gasteiger partial charge < -0.3 is 5.73 Å². The summed E-state index contributed by atoms with van der Waals surface area (Å²) in [6.45, 7) is 5.48. The van der Waals surface area contributed by atoms with E-state index in [-0.39, 0.29) is 11.9 Å². The molecule has 1 heterocycles. The van der Waals surface area contributed by atoms with Gasteiger partial charge in [0.25, 0.3) is 0 Å². The average molecular weight is 254 g/mol. The van der Waals surface area contributed by atoms with E-state index in [0.29, 0.717) is 24.1 Å². The minimum Gasteiger partial charge on any atom is -0.329 e. The number of benzene rings is 1. The topological polar surface area (TPSA) is 29.3 Å². The lowest BCUT2D eigenvalue weighted by atomic mass is 10.0. The molecule has 2 nitrogen and oxygen atoms in total. The first-order valence-electron chi connectivity index (χ1n) is 6.43. The van der Waals surface area contributed by atoms with Crippen LogP contribution in [0, 0.1) is 17.6 Å². The van der Waals surface area contributed by atoms with Crippen molar-refractivity contribution in [3.8, 4) is 0 Å². The van der Waals surface area contributed by atoms with Crippen molar-refractivity contribution in [3.05, 3.63) is 35.4 Å². The Morgan fingerprint density at radius 3 is 2.67 bits per heavy atom. The summed E-state index contributed by atoms with van der Waals surface area (Å²) in [5.74, 6) is -0.214. The van der Waals surface area contributed by atoms with Crippen LogP contribution in [-0.2, 0) is 0 Å². The zero-order chi connectivity index (χ0) is 13.3. The van der Waals surface area contributed by atoms with Gasteiger partial charge in [-0.05, 0) is 37.5 Å². The molecule has 0 spiro atoms. The number of hydrogen-bond donors (Lipinski definition) is 1. The summed E-state index contributed by atoms with van der Waals surface area (Å²) in [7, 11) is 0. The highest BCUT2D eigenvalue weighted by Crippen LogP contribution is 2.32. The van der Waals surface area contributed by atoms with Gasteiger partial charge in [0.05, 0.1) is 6.04 Å². The molecule has 3 atom stereocenters. The van der Waals surface area contributed by atoms with Crippen LogP contribution in [0.5, 0.6) is 0 Å². The summed E-state index contributed by atoms with van der Waals surface area (Å²) in [4.78, 5) is 2.18. The largest absolute Gasteiger partial charge is 0.329 e. The first-order valence-corrected chi connectivity index (χ1v) is 6.43. The Balaban J connectivity index is 2.30. The second-order valence-electron chi connectivity index (χ2n) is 5.30. The molecule has 0 aliphatic carbocycles. The van der Waals surface area contributed by atoms with Crippen LogP contribution in [0.1, 0.15) is 31.9 Å². The van der Waals surface area contributed by atoms with Gasteiger partial charge in [-0.2, -0.15) is 0 Å². The van der Waals surface area contributed by atoms with Gasteiger partial charge in [-0.15, -0.1) is 0 Å². The van der Waals surface area contributed by atoms with E-state index in [1.807, 2.05) is 0 Å². The van der Waals surface area contributed by atoms with Crippen molar-refractivity contribution < 1.29 is 8.78 Å². The number of likely N-dealkylation sites (tertiary alicyclic amines) is 1. The third kappa shape index (κ3) is 2.54. The van der Waals surface area contributed by atoms with Crippen molar-refractivity contribution >= 4 is 0 Å². The maximum atomic E-state index is 13.8. The van der Waals surface area contributed by atoms with Gasteiger partial charge in [-0.25, -0.2) is 8.78 Å². The number of rotatable bonds is 3. The van der Waals surface area contributed by atoms with Crippen LogP contribution >= 0.6 is 0 Å². The zero-order valence-corrected chi connectivity index (χ0v) is 10.9. The van der Waals surface area contributed by atoms with E-state index >= 15 is 0 Å². The van der Waals surface area contributed by atoms with Gasteiger partial charge in [-0.3, -0.25) is 4.90 Å². The molecule has 0 saturated carbocycles. The molecular formula is C14H20F2N2. The lowest BCUT2D eigenvalue weighted by Crippen LogP contribution is -2.36. The van der Waals surface area contributed by atoms with Gasteiger partial charge in [-0.1, -0.05) is 6.92 Å². The molecule has 18 heavy (non-hydrogen) atoms. The molecule has 100 valence electrons. The summed E-state index contributed by atoms with van der Waals surface area (Å²) in [5.41, 5.74) is 6.15. The Hall–Kier alpha value is -1.00. The maximum Gasteiger partial charge on any atom is 0.128 e.